The van der Waals surface area contributed by atoms with Gasteiger partial charge in [0, 0.05) is 11.9 Å². The molecule has 0 aliphatic carbocycles. The van der Waals surface area contributed by atoms with Gasteiger partial charge in [0.25, 0.3) is 0 Å². The third kappa shape index (κ3) is 3.08. The standard InChI is InChI=1S/C16H19NO3/c1-4-17-8-7-11(2)15-10-13-9-12(16(18)19-3)5-6-14(13)20-15/h5-7,9-10,17H,4,8H2,1-3H3/b11-7+. The Labute approximate surface area is 118 Å². The first-order valence-electron chi connectivity index (χ1n) is 6.65. The average molecular weight is 273 g/mol. The molecule has 0 amide bonds. The zero-order valence-corrected chi connectivity index (χ0v) is 12.0. The van der Waals surface area contributed by atoms with E-state index < -0.39 is 0 Å². The van der Waals surface area contributed by atoms with Gasteiger partial charge in [-0.25, -0.2) is 4.79 Å². The Bertz CT molecular complexity index is 640. The molecule has 1 aromatic heterocycles. The van der Waals surface area contributed by atoms with E-state index >= 15 is 0 Å². The summed E-state index contributed by atoms with van der Waals surface area (Å²) in [5, 5.41) is 4.14. The van der Waals surface area contributed by atoms with E-state index in [2.05, 4.69) is 18.3 Å². The van der Waals surface area contributed by atoms with Gasteiger partial charge in [0.2, 0.25) is 0 Å². The second kappa shape index (κ2) is 6.39. The fraction of sp³-hybridized carbons (Fsp3) is 0.312. The monoisotopic (exact) mass is 273 g/mol. The molecule has 106 valence electrons. The molecule has 0 saturated carbocycles. The summed E-state index contributed by atoms with van der Waals surface area (Å²) in [5.41, 5.74) is 2.37. The lowest BCUT2D eigenvalue weighted by atomic mass is 10.1. The highest BCUT2D eigenvalue weighted by Gasteiger charge is 2.10. The van der Waals surface area contributed by atoms with E-state index in [0.29, 0.717) is 5.56 Å². The zero-order valence-electron chi connectivity index (χ0n) is 12.0. The van der Waals surface area contributed by atoms with Crippen molar-refractivity contribution in [1.82, 2.24) is 5.32 Å². The summed E-state index contributed by atoms with van der Waals surface area (Å²) in [7, 11) is 1.38. The summed E-state index contributed by atoms with van der Waals surface area (Å²) in [6.07, 6.45) is 2.09. The van der Waals surface area contributed by atoms with E-state index in [9.17, 15) is 4.79 Å². The maximum atomic E-state index is 11.5. The van der Waals surface area contributed by atoms with Crippen molar-refractivity contribution in [2.45, 2.75) is 13.8 Å². The molecule has 1 N–H and O–H groups in total. The lowest BCUT2D eigenvalue weighted by Crippen LogP contribution is -2.11. The normalized spacial score (nSPS) is 11.8. The molecule has 4 nitrogen and oxygen atoms in total. The number of furan rings is 1. The van der Waals surface area contributed by atoms with E-state index in [-0.39, 0.29) is 5.97 Å². The first kappa shape index (κ1) is 14.3. The number of likely N-dealkylation sites (N-methyl/N-ethyl adjacent to an activating group) is 1. The van der Waals surface area contributed by atoms with Crippen LogP contribution in [0.3, 0.4) is 0 Å². The van der Waals surface area contributed by atoms with E-state index in [0.717, 1.165) is 35.4 Å². The first-order valence-corrected chi connectivity index (χ1v) is 6.65. The Morgan fingerprint density at radius 3 is 2.90 bits per heavy atom. The van der Waals surface area contributed by atoms with Crippen LogP contribution in [0, 0.1) is 0 Å². The van der Waals surface area contributed by atoms with Gasteiger partial charge in [-0.1, -0.05) is 13.0 Å². The number of fused-ring (bicyclic) bond motifs is 1. The number of carbonyl (C=O) groups is 1. The Morgan fingerprint density at radius 2 is 2.20 bits per heavy atom. The van der Waals surface area contributed by atoms with Crippen molar-refractivity contribution in [2.24, 2.45) is 0 Å². The second-order valence-corrected chi connectivity index (χ2v) is 4.55. The summed E-state index contributed by atoms with van der Waals surface area (Å²) in [6.45, 7) is 5.83. The molecule has 0 spiro atoms. The molecule has 0 radical (unpaired) electrons. The maximum Gasteiger partial charge on any atom is 0.337 e. The quantitative estimate of drug-likeness (QED) is 0.671. The molecule has 0 aliphatic heterocycles. The molecule has 2 rings (SSSR count). The highest BCUT2D eigenvalue weighted by atomic mass is 16.5. The van der Waals surface area contributed by atoms with Crippen LogP contribution < -0.4 is 5.32 Å². The highest BCUT2D eigenvalue weighted by molar-refractivity contribution is 5.94. The number of rotatable bonds is 5. The van der Waals surface area contributed by atoms with Crippen molar-refractivity contribution in [1.29, 1.82) is 0 Å². The van der Waals surface area contributed by atoms with Gasteiger partial charge in [0.1, 0.15) is 11.3 Å². The molecule has 1 aromatic carbocycles. The fourth-order valence-electron chi connectivity index (χ4n) is 1.95. The van der Waals surface area contributed by atoms with Crippen molar-refractivity contribution in [2.75, 3.05) is 20.2 Å². The third-order valence-electron chi connectivity index (χ3n) is 3.13. The molecule has 0 unspecified atom stereocenters. The molecular formula is C16H19NO3. The summed E-state index contributed by atoms with van der Waals surface area (Å²) < 4.78 is 10.5. The smallest absolute Gasteiger partial charge is 0.337 e. The van der Waals surface area contributed by atoms with Crippen molar-refractivity contribution in [3.8, 4) is 0 Å². The van der Waals surface area contributed by atoms with Crippen LogP contribution in [0.15, 0.2) is 34.8 Å². The van der Waals surface area contributed by atoms with Crippen LogP contribution in [0.25, 0.3) is 16.5 Å². The summed E-state index contributed by atoms with van der Waals surface area (Å²) in [6, 6.07) is 7.23. The molecule has 0 saturated heterocycles. The summed E-state index contributed by atoms with van der Waals surface area (Å²) in [5.74, 6) is 0.481. The van der Waals surface area contributed by atoms with Crippen LogP contribution in [0.2, 0.25) is 0 Å². The van der Waals surface area contributed by atoms with Gasteiger partial charge in [-0.2, -0.15) is 0 Å². The molecule has 20 heavy (non-hydrogen) atoms. The van der Waals surface area contributed by atoms with E-state index in [1.165, 1.54) is 7.11 Å². The summed E-state index contributed by atoms with van der Waals surface area (Å²) >= 11 is 0. The third-order valence-corrected chi connectivity index (χ3v) is 3.13. The summed E-state index contributed by atoms with van der Waals surface area (Å²) in [4.78, 5) is 11.5. The van der Waals surface area contributed by atoms with Crippen LogP contribution in [0.5, 0.6) is 0 Å². The molecule has 4 heteroatoms. The molecular weight excluding hydrogens is 254 g/mol. The topological polar surface area (TPSA) is 51.5 Å². The molecule has 1 heterocycles. The number of hydrogen-bond acceptors (Lipinski definition) is 4. The number of nitrogens with one attached hydrogen (secondary N) is 1. The molecule has 0 aliphatic rings. The van der Waals surface area contributed by atoms with Crippen LogP contribution in [-0.2, 0) is 4.74 Å². The number of hydrogen-bond donors (Lipinski definition) is 1. The van der Waals surface area contributed by atoms with E-state index in [1.54, 1.807) is 18.2 Å². The molecule has 0 fully saturated rings. The Morgan fingerprint density at radius 1 is 1.40 bits per heavy atom. The lowest BCUT2D eigenvalue weighted by Gasteiger charge is -1.97. The van der Waals surface area contributed by atoms with Gasteiger partial charge in [-0.05, 0) is 43.3 Å². The minimum Gasteiger partial charge on any atom is -0.465 e. The molecule has 0 bridgehead atoms. The zero-order chi connectivity index (χ0) is 14.5. The van der Waals surface area contributed by atoms with E-state index in [4.69, 9.17) is 9.15 Å². The van der Waals surface area contributed by atoms with Gasteiger partial charge < -0.3 is 14.5 Å². The van der Waals surface area contributed by atoms with E-state index in [1.807, 2.05) is 13.0 Å². The van der Waals surface area contributed by atoms with Crippen molar-refractivity contribution in [3.05, 3.63) is 41.7 Å². The van der Waals surface area contributed by atoms with Crippen LogP contribution in [0.1, 0.15) is 30.0 Å². The Kier molecular flexibility index (Phi) is 4.58. The predicted octanol–water partition coefficient (Wildman–Crippen LogP) is 3.23. The van der Waals surface area contributed by atoms with Gasteiger partial charge in [0.15, 0.2) is 0 Å². The predicted molar refractivity (Wildman–Crippen MR) is 79.7 cm³/mol. The van der Waals surface area contributed by atoms with Crippen molar-refractivity contribution in [3.63, 3.8) is 0 Å². The number of methoxy groups -OCH3 is 1. The lowest BCUT2D eigenvalue weighted by molar-refractivity contribution is 0.0601. The average Bonchev–Trinajstić information content (AvgIpc) is 2.89. The van der Waals surface area contributed by atoms with Crippen LogP contribution in [0.4, 0.5) is 0 Å². The van der Waals surface area contributed by atoms with Crippen LogP contribution >= 0.6 is 0 Å². The molecule has 2 aromatic rings. The second-order valence-electron chi connectivity index (χ2n) is 4.55. The Balaban J connectivity index is 2.29. The molecule has 0 atom stereocenters. The largest absolute Gasteiger partial charge is 0.465 e. The van der Waals surface area contributed by atoms with Gasteiger partial charge in [-0.15, -0.1) is 0 Å². The van der Waals surface area contributed by atoms with Crippen molar-refractivity contribution >= 4 is 22.5 Å². The number of carbonyl (C=O) groups excluding carboxylic acids is 1. The highest BCUT2D eigenvalue weighted by Crippen LogP contribution is 2.25. The number of allylic oxidation sites excluding steroid dienone is 1. The number of esters is 1. The maximum absolute atomic E-state index is 11.5. The first-order chi connectivity index (χ1) is 9.65. The van der Waals surface area contributed by atoms with Crippen LogP contribution in [-0.4, -0.2) is 26.2 Å². The SMILES string of the molecule is CCNC/C=C(\C)c1cc2cc(C(=O)OC)ccc2o1. The van der Waals surface area contributed by atoms with Gasteiger partial charge >= 0.3 is 5.97 Å². The number of benzene rings is 1. The fourth-order valence-corrected chi connectivity index (χ4v) is 1.95. The van der Waals surface area contributed by atoms with Gasteiger partial charge in [-0.3, -0.25) is 0 Å². The van der Waals surface area contributed by atoms with Gasteiger partial charge in [0.05, 0.1) is 12.7 Å². The Hall–Kier alpha value is -2.07. The number of ether oxygens (including phenoxy) is 1. The van der Waals surface area contributed by atoms with Crippen molar-refractivity contribution < 1.29 is 13.9 Å². The minimum absolute atomic E-state index is 0.339. The minimum atomic E-state index is -0.339.